The van der Waals surface area contributed by atoms with E-state index in [1.807, 2.05) is 0 Å². The molecule has 1 aromatic heterocycles. The normalized spacial score (nSPS) is 10.3. The first-order chi connectivity index (χ1) is 8.99. The largest absolute Gasteiger partial charge is 0.319 e. The zero-order chi connectivity index (χ0) is 14.0. The molecule has 0 saturated carbocycles. The Labute approximate surface area is 136 Å². The summed E-state index contributed by atoms with van der Waals surface area (Å²) in [5.74, 6) is -0.354. The highest BCUT2D eigenvalue weighted by atomic mass is 79.9. The van der Waals surface area contributed by atoms with Gasteiger partial charge in [0.1, 0.15) is 0 Å². The van der Waals surface area contributed by atoms with Crippen LogP contribution in [0.3, 0.4) is 0 Å². The van der Waals surface area contributed by atoms with Crippen molar-refractivity contribution in [3.63, 3.8) is 0 Å². The molecule has 0 aliphatic carbocycles. The summed E-state index contributed by atoms with van der Waals surface area (Å²) in [5.41, 5.74) is 0.768. The Morgan fingerprint density at radius 2 is 2.00 bits per heavy atom. The third-order valence-corrected chi connectivity index (χ3v) is 4.28. The van der Waals surface area contributed by atoms with Crippen molar-refractivity contribution in [2.24, 2.45) is 0 Å². The van der Waals surface area contributed by atoms with Crippen molar-refractivity contribution in [2.45, 2.75) is 0 Å². The van der Waals surface area contributed by atoms with Crippen LogP contribution in [-0.4, -0.2) is 10.9 Å². The van der Waals surface area contributed by atoms with E-state index in [1.54, 1.807) is 30.5 Å². The van der Waals surface area contributed by atoms with Crippen LogP contribution in [0.1, 0.15) is 10.4 Å². The van der Waals surface area contributed by atoms with Gasteiger partial charge in [-0.1, -0.05) is 29.3 Å². The summed E-state index contributed by atoms with van der Waals surface area (Å²) in [6.07, 6.45) is 1.55. The molecule has 98 valence electrons. The summed E-state index contributed by atoms with van der Waals surface area (Å²) < 4.78 is 1.37. The number of hydrogen-bond acceptors (Lipinski definition) is 2. The van der Waals surface area contributed by atoms with E-state index in [-0.39, 0.29) is 11.1 Å². The molecule has 3 nitrogen and oxygen atoms in total. The van der Waals surface area contributed by atoms with Crippen molar-refractivity contribution in [1.29, 1.82) is 0 Å². The average Bonchev–Trinajstić information content (AvgIpc) is 2.37. The quantitative estimate of drug-likeness (QED) is 0.676. The predicted octanol–water partition coefficient (Wildman–Crippen LogP) is 5.17. The lowest BCUT2D eigenvalue weighted by Crippen LogP contribution is -2.13. The van der Waals surface area contributed by atoms with Crippen molar-refractivity contribution >= 4 is 66.7 Å². The molecule has 2 rings (SSSR count). The molecule has 0 bridgehead atoms. The Bertz CT molecular complexity index is 650. The summed E-state index contributed by atoms with van der Waals surface area (Å²) in [4.78, 5) is 16.1. The Balaban J connectivity index is 2.31. The Kier molecular flexibility index (Phi) is 4.84. The summed E-state index contributed by atoms with van der Waals surface area (Å²) >= 11 is 18.5. The summed E-state index contributed by atoms with van der Waals surface area (Å²) in [6.45, 7) is 0. The molecule has 0 spiro atoms. The highest BCUT2D eigenvalue weighted by molar-refractivity contribution is 9.10. The molecule has 0 atom stereocenters. The van der Waals surface area contributed by atoms with E-state index in [2.05, 4.69) is 42.2 Å². The van der Waals surface area contributed by atoms with E-state index in [1.165, 1.54) is 0 Å². The predicted molar refractivity (Wildman–Crippen MR) is 84.1 cm³/mol. The lowest BCUT2D eigenvalue weighted by molar-refractivity contribution is 0.102. The maximum atomic E-state index is 12.1. The third-order valence-electron chi connectivity index (χ3n) is 2.25. The van der Waals surface area contributed by atoms with Crippen LogP contribution in [0.5, 0.6) is 0 Å². The molecule has 1 amide bonds. The number of pyridine rings is 1. The molecular weight excluding hydrogens is 419 g/mol. The molecule has 0 fully saturated rings. The van der Waals surface area contributed by atoms with E-state index in [0.717, 1.165) is 0 Å². The number of carbonyl (C=O) groups is 1. The van der Waals surface area contributed by atoms with E-state index >= 15 is 0 Å². The summed E-state index contributed by atoms with van der Waals surface area (Å²) in [6, 6.07) is 6.78. The molecular formula is C12H6Br2Cl2N2O. The Morgan fingerprint density at radius 1 is 1.26 bits per heavy atom. The lowest BCUT2D eigenvalue weighted by atomic mass is 10.2. The second-order valence-electron chi connectivity index (χ2n) is 3.55. The van der Waals surface area contributed by atoms with Crippen LogP contribution in [-0.2, 0) is 0 Å². The molecule has 0 radical (unpaired) electrons. The zero-order valence-corrected chi connectivity index (χ0v) is 13.9. The standard InChI is InChI=1S/C12H6Br2Cl2N2O/c13-6-4-9(11(16)17-5-6)18-12(19)7-2-1-3-8(14)10(7)15/h1-5H,(H,18,19). The van der Waals surface area contributed by atoms with Crippen LogP contribution in [0, 0.1) is 0 Å². The van der Waals surface area contributed by atoms with Gasteiger partial charge in [0.05, 0.1) is 16.3 Å². The monoisotopic (exact) mass is 422 g/mol. The molecule has 2 aromatic rings. The number of nitrogens with one attached hydrogen (secondary N) is 1. The number of amides is 1. The van der Waals surface area contributed by atoms with Gasteiger partial charge in [-0.15, -0.1) is 0 Å². The SMILES string of the molecule is O=C(Nc1cc(Br)cnc1Cl)c1cccc(Br)c1Cl. The fraction of sp³-hybridized carbons (Fsp3) is 0. The second kappa shape index (κ2) is 6.22. The fourth-order valence-electron chi connectivity index (χ4n) is 1.38. The molecule has 0 saturated heterocycles. The molecule has 0 unspecified atom stereocenters. The topological polar surface area (TPSA) is 42.0 Å². The van der Waals surface area contributed by atoms with E-state index in [0.29, 0.717) is 25.2 Å². The van der Waals surface area contributed by atoms with Crippen LogP contribution in [0.15, 0.2) is 39.4 Å². The van der Waals surface area contributed by atoms with Crippen molar-refractivity contribution in [3.05, 3.63) is 55.1 Å². The summed E-state index contributed by atoms with van der Waals surface area (Å²) in [5, 5.41) is 3.22. The number of rotatable bonds is 2. The van der Waals surface area contributed by atoms with Gasteiger partial charge in [-0.2, -0.15) is 0 Å². The molecule has 1 N–H and O–H groups in total. The maximum absolute atomic E-state index is 12.1. The number of aromatic nitrogens is 1. The van der Waals surface area contributed by atoms with Gasteiger partial charge in [0.2, 0.25) is 0 Å². The van der Waals surface area contributed by atoms with Gasteiger partial charge < -0.3 is 5.32 Å². The van der Waals surface area contributed by atoms with Crippen LogP contribution in [0.2, 0.25) is 10.2 Å². The van der Waals surface area contributed by atoms with Crippen molar-refractivity contribution in [2.75, 3.05) is 5.32 Å². The molecule has 19 heavy (non-hydrogen) atoms. The third kappa shape index (κ3) is 3.48. The first-order valence-corrected chi connectivity index (χ1v) is 7.39. The fourth-order valence-corrected chi connectivity index (χ4v) is 2.44. The van der Waals surface area contributed by atoms with Gasteiger partial charge >= 0.3 is 0 Å². The van der Waals surface area contributed by atoms with Gasteiger partial charge in [0.15, 0.2) is 5.15 Å². The molecule has 0 aliphatic rings. The number of benzene rings is 1. The lowest BCUT2D eigenvalue weighted by Gasteiger charge is -2.09. The minimum absolute atomic E-state index is 0.211. The zero-order valence-electron chi connectivity index (χ0n) is 9.25. The van der Waals surface area contributed by atoms with Crippen molar-refractivity contribution < 1.29 is 4.79 Å². The molecule has 0 aliphatic heterocycles. The highest BCUT2D eigenvalue weighted by Crippen LogP contribution is 2.28. The minimum Gasteiger partial charge on any atom is -0.319 e. The Morgan fingerprint density at radius 3 is 2.74 bits per heavy atom. The molecule has 1 heterocycles. The van der Waals surface area contributed by atoms with Crippen molar-refractivity contribution in [1.82, 2.24) is 4.98 Å². The number of halogens is 4. The second-order valence-corrected chi connectivity index (χ2v) is 6.05. The van der Waals surface area contributed by atoms with Gasteiger partial charge in [0.25, 0.3) is 5.91 Å². The van der Waals surface area contributed by atoms with Gasteiger partial charge in [0, 0.05) is 15.1 Å². The van der Waals surface area contributed by atoms with Crippen LogP contribution in [0.25, 0.3) is 0 Å². The average molecular weight is 425 g/mol. The van der Waals surface area contributed by atoms with Crippen LogP contribution < -0.4 is 5.32 Å². The van der Waals surface area contributed by atoms with E-state index in [4.69, 9.17) is 23.2 Å². The highest BCUT2D eigenvalue weighted by Gasteiger charge is 2.14. The van der Waals surface area contributed by atoms with Crippen LogP contribution in [0.4, 0.5) is 5.69 Å². The molecule has 1 aromatic carbocycles. The maximum Gasteiger partial charge on any atom is 0.257 e. The van der Waals surface area contributed by atoms with E-state index < -0.39 is 0 Å². The van der Waals surface area contributed by atoms with Crippen LogP contribution >= 0.6 is 55.1 Å². The molecule has 7 heteroatoms. The van der Waals surface area contributed by atoms with Crippen molar-refractivity contribution in [3.8, 4) is 0 Å². The van der Waals surface area contributed by atoms with Gasteiger partial charge in [-0.05, 0) is 50.1 Å². The van der Waals surface area contributed by atoms with E-state index in [9.17, 15) is 4.79 Å². The van der Waals surface area contributed by atoms with Gasteiger partial charge in [-0.25, -0.2) is 4.98 Å². The smallest absolute Gasteiger partial charge is 0.257 e. The minimum atomic E-state index is -0.354. The number of hydrogen-bond donors (Lipinski definition) is 1. The first-order valence-electron chi connectivity index (χ1n) is 5.05. The summed E-state index contributed by atoms with van der Waals surface area (Å²) in [7, 11) is 0. The Hall–Kier alpha value is -0.620. The van der Waals surface area contributed by atoms with Gasteiger partial charge in [-0.3, -0.25) is 4.79 Å². The number of nitrogens with zero attached hydrogens (tertiary/aromatic N) is 1. The number of carbonyl (C=O) groups excluding carboxylic acids is 1. The first kappa shape index (κ1) is 14.8. The number of anilines is 1.